The molecule has 0 atom stereocenters. The Labute approximate surface area is 171 Å². The highest BCUT2D eigenvalue weighted by molar-refractivity contribution is 6.00. The predicted molar refractivity (Wildman–Crippen MR) is 114 cm³/mol. The van der Waals surface area contributed by atoms with E-state index in [0.717, 1.165) is 38.4 Å². The fourth-order valence-electron chi connectivity index (χ4n) is 3.57. The number of rotatable bonds is 8. The van der Waals surface area contributed by atoms with Crippen LogP contribution in [0.25, 0.3) is 0 Å². The van der Waals surface area contributed by atoms with E-state index in [-0.39, 0.29) is 30.1 Å². The van der Waals surface area contributed by atoms with Crippen molar-refractivity contribution in [1.29, 1.82) is 0 Å². The van der Waals surface area contributed by atoms with Gasteiger partial charge in [-0.05, 0) is 49.4 Å². The van der Waals surface area contributed by atoms with Crippen LogP contribution >= 0.6 is 0 Å². The molecule has 0 saturated carbocycles. The molecule has 1 fully saturated rings. The van der Waals surface area contributed by atoms with Gasteiger partial charge in [0.2, 0.25) is 5.91 Å². The van der Waals surface area contributed by atoms with Gasteiger partial charge in [0, 0.05) is 50.4 Å². The van der Waals surface area contributed by atoms with E-state index in [1.165, 1.54) is 24.6 Å². The van der Waals surface area contributed by atoms with Gasteiger partial charge in [-0.2, -0.15) is 0 Å². The minimum absolute atomic E-state index is 0.0209. The molecule has 2 aromatic rings. The maximum absolute atomic E-state index is 13.6. The maximum Gasteiger partial charge on any atom is 0.224 e. The summed E-state index contributed by atoms with van der Waals surface area (Å²) in [5, 5.41) is 2.81. The highest BCUT2D eigenvalue weighted by atomic mass is 19.1. The van der Waals surface area contributed by atoms with Crippen molar-refractivity contribution in [2.45, 2.75) is 26.2 Å². The number of benzene rings is 2. The molecule has 0 aliphatic carbocycles. The number of nitrogens with one attached hydrogen (secondary N) is 1. The SMILES string of the molecule is CCCN1CCN(c2ccc(NC(=O)CCC(=O)c3ccccc3F)cc2)CC1. The first-order valence-corrected chi connectivity index (χ1v) is 10.2. The quantitative estimate of drug-likeness (QED) is 0.685. The minimum Gasteiger partial charge on any atom is -0.369 e. The van der Waals surface area contributed by atoms with Crippen LogP contribution < -0.4 is 10.2 Å². The molecule has 1 aliphatic rings. The van der Waals surface area contributed by atoms with Crippen LogP contribution in [0.5, 0.6) is 0 Å². The van der Waals surface area contributed by atoms with Crippen LogP contribution in [0.3, 0.4) is 0 Å². The highest BCUT2D eigenvalue weighted by Crippen LogP contribution is 2.20. The van der Waals surface area contributed by atoms with Crippen molar-refractivity contribution in [3.63, 3.8) is 0 Å². The summed E-state index contributed by atoms with van der Waals surface area (Å²) in [6.45, 7) is 7.51. The number of hydrogen-bond donors (Lipinski definition) is 1. The van der Waals surface area contributed by atoms with Gasteiger partial charge >= 0.3 is 0 Å². The second-order valence-electron chi connectivity index (χ2n) is 7.33. The number of amides is 1. The Kier molecular flexibility index (Phi) is 7.36. The smallest absolute Gasteiger partial charge is 0.224 e. The summed E-state index contributed by atoms with van der Waals surface area (Å²) >= 11 is 0. The molecule has 0 radical (unpaired) electrons. The number of Topliss-reactive ketones (excluding diaryl/α,β-unsaturated/α-hetero) is 1. The summed E-state index contributed by atoms with van der Waals surface area (Å²) in [4.78, 5) is 29.1. The van der Waals surface area contributed by atoms with Gasteiger partial charge in [0.15, 0.2) is 5.78 Å². The van der Waals surface area contributed by atoms with Crippen LogP contribution in [0.2, 0.25) is 0 Å². The molecule has 1 saturated heterocycles. The van der Waals surface area contributed by atoms with Gasteiger partial charge < -0.3 is 10.2 Å². The minimum atomic E-state index is -0.552. The van der Waals surface area contributed by atoms with Gasteiger partial charge in [0.1, 0.15) is 5.82 Å². The van der Waals surface area contributed by atoms with Crippen molar-refractivity contribution in [2.24, 2.45) is 0 Å². The molecule has 1 heterocycles. The molecular weight excluding hydrogens is 369 g/mol. The topological polar surface area (TPSA) is 52.6 Å². The Morgan fingerprint density at radius 3 is 2.31 bits per heavy atom. The summed E-state index contributed by atoms with van der Waals surface area (Å²) < 4.78 is 13.6. The summed E-state index contributed by atoms with van der Waals surface area (Å²) in [5.74, 6) is -1.17. The van der Waals surface area contributed by atoms with E-state index in [1.807, 2.05) is 24.3 Å². The average Bonchev–Trinajstić information content (AvgIpc) is 2.74. The Bertz CT molecular complexity index is 830. The van der Waals surface area contributed by atoms with E-state index < -0.39 is 5.82 Å². The molecule has 0 spiro atoms. The maximum atomic E-state index is 13.6. The molecular formula is C23H28FN3O2. The van der Waals surface area contributed by atoms with Crippen LogP contribution in [-0.4, -0.2) is 49.3 Å². The molecule has 3 rings (SSSR count). The number of carbonyl (C=O) groups is 2. The average molecular weight is 397 g/mol. The Morgan fingerprint density at radius 1 is 0.966 bits per heavy atom. The molecule has 1 aliphatic heterocycles. The lowest BCUT2D eigenvalue weighted by molar-refractivity contribution is -0.116. The molecule has 1 amide bonds. The lowest BCUT2D eigenvalue weighted by atomic mass is 10.1. The monoisotopic (exact) mass is 397 g/mol. The molecule has 1 N–H and O–H groups in total. The molecule has 29 heavy (non-hydrogen) atoms. The van der Waals surface area contributed by atoms with Crippen LogP contribution in [0, 0.1) is 5.82 Å². The van der Waals surface area contributed by atoms with Gasteiger partial charge in [-0.15, -0.1) is 0 Å². The number of halogens is 1. The standard InChI is InChI=1S/C23H28FN3O2/c1-2-13-26-14-16-27(17-15-26)19-9-7-18(8-10-19)25-23(29)12-11-22(28)20-5-3-4-6-21(20)24/h3-10H,2,11-17H2,1H3,(H,25,29). The second-order valence-corrected chi connectivity index (χ2v) is 7.33. The number of hydrogen-bond acceptors (Lipinski definition) is 4. The first-order valence-electron chi connectivity index (χ1n) is 10.2. The highest BCUT2D eigenvalue weighted by Gasteiger charge is 2.17. The molecule has 5 nitrogen and oxygen atoms in total. The fraction of sp³-hybridized carbons (Fsp3) is 0.391. The number of piperazine rings is 1. The first-order chi connectivity index (χ1) is 14.1. The fourth-order valence-corrected chi connectivity index (χ4v) is 3.57. The van der Waals surface area contributed by atoms with Crippen molar-refractivity contribution in [1.82, 2.24) is 4.90 Å². The third-order valence-electron chi connectivity index (χ3n) is 5.18. The number of nitrogens with zero attached hydrogens (tertiary/aromatic N) is 2. The van der Waals surface area contributed by atoms with E-state index in [1.54, 1.807) is 6.07 Å². The Balaban J connectivity index is 1.46. The van der Waals surface area contributed by atoms with Crippen molar-refractivity contribution in [3.05, 3.63) is 59.9 Å². The van der Waals surface area contributed by atoms with Gasteiger partial charge in [-0.3, -0.25) is 14.5 Å². The second kappa shape index (κ2) is 10.2. The van der Waals surface area contributed by atoms with Crippen LogP contribution in [0.15, 0.2) is 48.5 Å². The molecule has 0 aromatic heterocycles. The zero-order valence-corrected chi connectivity index (χ0v) is 16.9. The van der Waals surface area contributed by atoms with Crippen molar-refractivity contribution < 1.29 is 14.0 Å². The summed E-state index contributed by atoms with van der Waals surface area (Å²) in [7, 11) is 0. The van der Waals surface area contributed by atoms with E-state index in [2.05, 4.69) is 22.0 Å². The first kappa shape index (κ1) is 21.0. The zero-order valence-electron chi connectivity index (χ0n) is 16.9. The van der Waals surface area contributed by atoms with E-state index in [9.17, 15) is 14.0 Å². The largest absolute Gasteiger partial charge is 0.369 e. The van der Waals surface area contributed by atoms with Crippen molar-refractivity contribution in [2.75, 3.05) is 42.9 Å². The van der Waals surface area contributed by atoms with Crippen molar-refractivity contribution in [3.8, 4) is 0 Å². The Morgan fingerprint density at radius 2 is 1.66 bits per heavy atom. The molecule has 0 bridgehead atoms. The molecule has 6 heteroatoms. The van der Waals surface area contributed by atoms with Gasteiger partial charge in [-0.25, -0.2) is 4.39 Å². The third kappa shape index (κ3) is 5.87. The molecule has 2 aromatic carbocycles. The van der Waals surface area contributed by atoms with Gasteiger partial charge in [0.05, 0.1) is 5.56 Å². The molecule has 0 unspecified atom stereocenters. The lowest BCUT2D eigenvalue weighted by Crippen LogP contribution is -2.46. The van der Waals surface area contributed by atoms with Crippen LogP contribution in [0.4, 0.5) is 15.8 Å². The predicted octanol–water partition coefficient (Wildman–Crippen LogP) is 3.96. The summed E-state index contributed by atoms with van der Waals surface area (Å²) in [5.41, 5.74) is 1.87. The number of anilines is 2. The van der Waals surface area contributed by atoms with E-state index in [0.29, 0.717) is 5.69 Å². The van der Waals surface area contributed by atoms with Gasteiger partial charge in [-0.1, -0.05) is 19.1 Å². The van der Waals surface area contributed by atoms with Crippen molar-refractivity contribution >= 4 is 23.1 Å². The van der Waals surface area contributed by atoms with Gasteiger partial charge in [0.25, 0.3) is 0 Å². The number of ketones is 1. The zero-order chi connectivity index (χ0) is 20.6. The molecule has 154 valence electrons. The summed E-state index contributed by atoms with van der Waals surface area (Å²) in [6.07, 6.45) is 1.18. The van der Waals surface area contributed by atoms with E-state index >= 15 is 0 Å². The van der Waals surface area contributed by atoms with E-state index in [4.69, 9.17) is 0 Å². The van der Waals surface area contributed by atoms with Crippen LogP contribution in [0.1, 0.15) is 36.5 Å². The normalized spacial score (nSPS) is 14.6. The summed E-state index contributed by atoms with van der Waals surface area (Å²) in [6, 6.07) is 13.6. The third-order valence-corrected chi connectivity index (χ3v) is 5.18. The lowest BCUT2D eigenvalue weighted by Gasteiger charge is -2.36. The number of carbonyl (C=O) groups excluding carboxylic acids is 2. The van der Waals surface area contributed by atoms with Crippen LogP contribution in [-0.2, 0) is 4.79 Å². The Hall–Kier alpha value is -2.73.